The minimum atomic E-state index is 0.878. The van der Waals surface area contributed by atoms with Gasteiger partial charge in [-0.25, -0.2) is 0 Å². The zero-order chi connectivity index (χ0) is 12.2. The predicted octanol–water partition coefficient (Wildman–Crippen LogP) is 3.36. The fraction of sp³-hybridized carbons (Fsp3) is 1.00. The molecule has 0 aromatic heterocycles. The quantitative estimate of drug-likeness (QED) is 0.781. The largest absolute Gasteiger partial charge is 0.381 e. The Hall–Kier alpha value is -0.0800. The van der Waals surface area contributed by atoms with Crippen LogP contribution in [0, 0.1) is 17.8 Å². The summed E-state index contributed by atoms with van der Waals surface area (Å²) >= 11 is 0. The summed E-state index contributed by atoms with van der Waals surface area (Å²) in [5.74, 6) is 2.93. The van der Waals surface area contributed by atoms with E-state index in [1.54, 1.807) is 0 Å². The van der Waals surface area contributed by atoms with Crippen LogP contribution in [0.4, 0.5) is 0 Å². The van der Waals surface area contributed by atoms with Gasteiger partial charge in [-0.15, -0.1) is 0 Å². The highest BCUT2D eigenvalue weighted by Gasteiger charge is 2.30. The van der Waals surface area contributed by atoms with Gasteiger partial charge in [0.05, 0.1) is 0 Å². The molecule has 2 saturated carbocycles. The highest BCUT2D eigenvalue weighted by Crippen LogP contribution is 2.36. The van der Waals surface area contributed by atoms with Crippen LogP contribution >= 0.6 is 0 Å². The van der Waals surface area contributed by atoms with Crippen molar-refractivity contribution in [2.75, 3.05) is 19.8 Å². The standard InChI is InChI=1S/C16H29NO/c1-2-4-14(3-1)15(12-17-16-5-6-16)11-13-7-9-18-10-8-13/h13-17H,1-12H2. The van der Waals surface area contributed by atoms with Crippen LogP contribution in [0.5, 0.6) is 0 Å². The molecule has 0 aromatic rings. The number of rotatable bonds is 6. The first-order valence-corrected chi connectivity index (χ1v) is 8.23. The molecule has 0 spiro atoms. The lowest BCUT2D eigenvalue weighted by Crippen LogP contribution is -2.31. The van der Waals surface area contributed by atoms with Crippen molar-refractivity contribution in [2.45, 2.75) is 63.8 Å². The molecule has 2 heteroatoms. The Kier molecular flexibility index (Phi) is 4.58. The van der Waals surface area contributed by atoms with E-state index in [0.29, 0.717) is 0 Å². The maximum atomic E-state index is 5.50. The van der Waals surface area contributed by atoms with Gasteiger partial charge in [0.25, 0.3) is 0 Å². The second-order valence-electron chi connectivity index (χ2n) is 6.78. The second-order valence-corrected chi connectivity index (χ2v) is 6.78. The van der Waals surface area contributed by atoms with Crippen LogP contribution in [0.25, 0.3) is 0 Å². The van der Waals surface area contributed by atoms with Crippen LogP contribution in [0.2, 0.25) is 0 Å². The van der Waals surface area contributed by atoms with Crippen LogP contribution in [0.1, 0.15) is 57.8 Å². The lowest BCUT2D eigenvalue weighted by molar-refractivity contribution is 0.0546. The zero-order valence-corrected chi connectivity index (χ0v) is 11.7. The van der Waals surface area contributed by atoms with Crippen LogP contribution in [-0.2, 0) is 4.74 Å². The molecule has 0 amide bonds. The molecule has 2 aliphatic carbocycles. The van der Waals surface area contributed by atoms with E-state index in [-0.39, 0.29) is 0 Å². The van der Waals surface area contributed by atoms with Crippen LogP contribution in [-0.4, -0.2) is 25.8 Å². The first kappa shape index (κ1) is 12.9. The van der Waals surface area contributed by atoms with Crippen molar-refractivity contribution in [3.05, 3.63) is 0 Å². The minimum absolute atomic E-state index is 0.878. The van der Waals surface area contributed by atoms with Crippen LogP contribution in [0.15, 0.2) is 0 Å². The Balaban J connectivity index is 1.49. The monoisotopic (exact) mass is 251 g/mol. The summed E-state index contributed by atoms with van der Waals surface area (Å²) in [6.45, 7) is 3.32. The molecule has 1 unspecified atom stereocenters. The van der Waals surface area contributed by atoms with Gasteiger partial charge in [-0.05, 0) is 56.4 Å². The predicted molar refractivity (Wildman–Crippen MR) is 74.6 cm³/mol. The van der Waals surface area contributed by atoms with E-state index >= 15 is 0 Å². The molecule has 1 N–H and O–H groups in total. The maximum absolute atomic E-state index is 5.50. The lowest BCUT2D eigenvalue weighted by atomic mass is 9.81. The van der Waals surface area contributed by atoms with E-state index < -0.39 is 0 Å². The Bertz CT molecular complexity index is 239. The summed E-state index contributed by atoms with van der Waals surface area (Å²) in [7, 11) is 0. The minimum Gasteiger partial charge on any atom is -0.381 e. The van der Waals surface area contributed by atoms with Gasteiger partial charge in [-0.3, -0.25) is 0 Å². The summed E-state index contributed by atoms with van der Waals surface area (Å²) in [6, 6.07) is 0.878. The van der Waals surface area contributed by atoms with Crippen molar-refractivity contribution in [1.29, 1.82) is 0 Å². The molecule has 18 heavy (non-hydrogen) atoms. The molecule has 1 heterocycles. The third-order valence-electron chi connectivity index (χ3n) is 5.29. The van der Waals surface area contributed by atoms with Gasteiger partial charge in [0.15, 0.2) is 0 Å². The van der Waals surface area contributed by atoms with E-state index in [4.69, 9.17) is 4.74 Å². The average molecular weight is 251 g/mol. The summed E-state index contributed by atoms with van der Waals surface area (Å²) in [6.07, 6.45) is 12.9. The number of hydrogen-bond donors (Lipinski definition) is 1. The number of nitrogens with one attached hydrogen (secondary N) is 1. The molecule has 3 fully saturated rings. The number of ether oxygens (including phenoxy) is 1. The van der Waals surface area contributed by atoms with Crippen molar-refractivity contribution < 1.29 is 4.74 Å². The topological polar surface area (TPSA) is 21.3 Å². The maximum Gasteiger partial charge on any atom is 0.0468 e. The van der Waals surface area contributed by atoms with Gasteiger partial charge < -0.3 is 10.1 Å². The Morgan fingerprint density at radius 2 is 1.67 bits per heavy atom. The highest BCUT2D eigenvalue weighted by molar-refractivity contribution is 4.85. The normalized spacial score (nSPS) is 28.7. The summed E-state index contributed by atoms with van der Waals surface area (Å²) in [5, 5.41) is 3.79. The first-order chi connectivity index (χ1) is 8.92. The fourth-order valence-corrected chi connectivity index (χ4v) is 3.89. The third-order valence-corrected chi connectivity index (χ3v) is 5.29. The van der Waals surface area contributed by atoms with Crippen molar-refractivity contribution in [3.8, 4) is 0 Å². The van der Waals surface area contributed by atoms with Gasteiger partial charge in [-0.1, -0.05) is 25.7 Å². The third kappa shape index (κ3) is 3.71. The van der Waals surface area contributed by atoms with Crippen LogP contribution in [0.3, 0.4) is 0 Å². The highest BCUT2D eigenvalue weighted by atomic mass is 16.5. The van der Waals surface area contributed by atoms with E-state index in [0.717, 1.165) is 37.0 Å². The number of hydrogen-bond acceptors (Lipinski definition) is 2. The molecule has 3 rings (SSSR count). The summed E-state index contributed by atoms with van der Waals surface area (Å²) in [5.41, 5.74) is 0. The average Bonchev–Trinajstić information content (AvgIpc) is 3.08. The SMILES string of the molecule is C1CCC(C(CNC2CC2)CC2CCOCC2)C1. The molecule has 1 saturated heterocycles. The summed E-state index contributed by atoms with van der Waals surface area (Å²) < 4.78 is 5.50. The smallest absolute Gasteiger partial charge is 0.0468 e. The molecule has 2 nitrogen and oxygen atoms in total. The van der Waals surface area contributed by atoms with Crippen molar-refractivity contribution in [2.24, 2.45) is 17.8 Å². The second kappa shape index (κ2) is 6.38. The molecule has 1 aliphatic heterocycles. The molecule has 0 bridgehead atoms. The molecular formula is C16H29NO. The fourth-order valence-electron chi connectivity index (χ4n) is 3.89. The molecule has 0 radical (unpaired) electrons. The molecule has 104 valence electrons. The van der Waals surface area contributed by atoms with E-state index in [2.05, 4.69) is 5.32 Å². The van der Waals surface area contributed by atoms with Gasteiger partial charge in [0.2, 0.25) is 0 Å². The van der Waals surface area contributed by atoms with E-state index in [9.17, 15) is 0 Å². The van der Waals surface area contributed by atoms with Crippen molar-refractivity contribution >= 4 is 0 Å². The molecule has 0 aromatic carbocycles. The van der Waals surface area contributed by atoms with Crippen LogP contribution < -0.4 is 5.32 Å². The van der Waals surface area contributed by atoms with E-state index in [1.165, 1.54) is 64.3 Å². The Morgan fingerprint density at radius 1 is 0.944 bits per heavy atom. The Morgan fingerprint density at radius 3 is 2.33 bits per heavy atom. The van der Waals surface area contributed by atoms with Gasteiger partial charge in [0, 0.05) is 19.3 Å². The molecule has 1 atom stereocenters. The zero-order valence-electron chi connectivity index (χ0n) is 11.7. The molecule has 3 aliphatic rings. The lowest BCUT2D eigenvalue weighted by Gasteiger charge is -2.30. The Labute approximate surface area is 112 Å². The summed E-state index contributed by atoms with van der Waals surface area (Å²) in [4.78, 5) is 0. The van der Waals surface area contributed by atoms with Crippen molar-refractivity contribution in [1.82, 2.24) is 5.32 Å². The van der Waals surface area contributed by atoms with Crippen molar-refractivity contribution in [3.63, 3.8) is 0 Å². The van der Waals surface area contributed by atoms with Gasteiger partial charge >= 0.3 is 0 Å². The van der Waals surface area contributed by atoms with Gasteiger partial charge in [0.1, 0.15) is 0 Å². The first-order valence-electron chi connectivity index (χ1n) is 8.23. The van der Waals surface area contributed by atoms with Gasteiger partial charge in [-0.2, -0.15) is 0 Å². The van der Waals surface area contributed by atoms with E-state index in [1.807, 2.05) is 0 Å². The molecular weight excluding hydrogens is 222 g/mol.